The van der Waals surface area contributed by atoms with Crippen LogP contribution in [0.2, 0.25) is 0 Å². The van der Waals surface area contributed by atoms with E-state index in [1.54, 1.807) is 23.9 Å². The van der Waals surface area contributed by atoms with Crippen molar-refractivity contribution < 1.29 is 13.2 Å². The van der Waals surface area contributed by atoms with Crippen LogP contribution >= 0.6 is 0 Å². The van der Waals surface area contributed by atoms with Gasteiger partial charge in [-0.3, -0.25) is 4.68 Å². The van der Waals surface area contributed by atoms with Crippen LogP contribution in [0.25, 0.3) is 0 Å². The van der Waals surface area contributed by atoms with Crippen LogP contribution in [0, 0.1) is 0 Å². The molecular formula is C12H15F3N6. The van der Waals surface area contributed by atoms with Crippen molar-refractivity contribution in [1.82, 2.24) is 19.7 Å². The standard InChI is InChI=1S/C12H15F3N6/c1-3-16-10-8(12(13,14)15)7-17-11(19-10)18-9-5-6-21(4-2)20-9/h5-7H,3-4H2,1-2H3,(H2,16,17,18,19,20). The molecule has 0 spiro atoms. The van der Waals surface area contributed by atoms with Crippen LogP contribution in [0.3, 0.4) is 0 Å². The predicted octanol–water partition coefficient (Wildman–Crippen LogP) is 2.89. The number of anilines is 3. The number of nitrogens with zero attached hydrogens (tertiary/aromatic N) is 4. The highest BCUT2D eigenvalue weighted by Gasteiger charge is 2.35. The maximum Gasteiger partial charge on any atom is 0.421 e. The van der Waals surface area contributed by atoms with Gasteiger partial charge in [0.15, 0.2) is 5.82 Å². The molecule has 0 aromatic carbocycles. The second kappa shape index (κ2) is 5.98. The summed E-state index contributed by atoms with van der Waals surface area (Å²) in [7, 11) is 0. The molecule has 6 nitrogen and oxygen atoms in total. The summed E-state index contributed by atoms with van der Waals surface area (Å²) in [5, 5.41) is 9.52. The fraction of sp³-hybridized carbons (Fsp3) is 0.417. The van der Waals surface area contributed by atoms with E-state index < -0.39 is 11.7 Å². The van der Waals surface area contributed by atoms with Crippen LogP contribution in [0.4, 0.5) is 30.8 Å². The largest absolute Gasteiger partial charge is 0.421 e. The van der Waals surface area contributed by atoms with Gasteiger partial charge in [-0.05, 0) is 13.8 Å². The zero-order valence-corrected chi connectivity index (χ0v) is 11.6. The minimum Gasteiger partial charge on any atom is -0.370 e. The Morgan fingerprint density at radius 1 is 1.29 bits per heavy atom. The Bertz CT molecular complexity index is 607. The lowest BCUT2D eigenvalue weighted by atomic mass is 10.3. The molecule has 114 valence electrons. The molecule has 2 rings (SSSR count). The zero-order chi connectivity index (χ0) is 15.5. The zero-order valence-electron chi connectivity index (χ0n) is 11.6. The molecule has 21 heavy (non-hydrogen) atoms. The second-order valence-corrected chi connectivity index (χ2v) is 4.17. The van der Waals surface area contributed by atoms with Gasteiger partial charge < -0.3 is 10.6 Å². The van der Waals surface area contributed by atoms with Gasteiger partial charge in [-0.2, -0.15) is 23.3 Å². The van der Waals surface area contributed by atoms with E-state index >= 15 is 0 Å². The first-order chi connectivity index (χ1) is 9.94. The Hall–Kier alpha value is -2.32. The number of alkyl halides is 3. The summed E-state index contributed by atoms with van der Waals surface area (Å²) >= 11 is 0. The maximum absolute atomic E-state index is 12.8. The minimum atomic E-state index is -4.50. The lowest BCUT2D eigenvalue weighted by Gasteiger charge is -2.13. The summed E-state index contributed by atoms with van der Waals surface area (Å²) in [6.45, 7) is 4.63. The first-order valence-electron chi connectivity index (χ1n) is 6.42. The molecular weight excluding hydrogens is 285 g/mol. The summed E-state index contributed by atoms with van der Waals surface area (Å²) in [5.74, 6) is 0.275. The Morgan fingerprint density at radius 3 is 2.62 bits per heavy atom. The third kappa shape index (κ3) is 3.61. The number of hydrogen-bond acceptors (Lipinski definition) is 5. The first-order valence-corrected chi connectivity index (χ1v) is 6.42. The van der Waals surface area contributed by atoms with Gasteiger partial charge in [0.1, 0.15) is 11.4 Å². The molecule has 0 atom stereocenters. The van der Waals surface area contributed by atoms with Crippen molar-refractivity contribution in [2.45, 2.75) is 26.6 Å². The molecule has 0 saturated carbocycles. The van der Waals surface area contributed by atoms with Gasteiger partial charge in [-0.25, -0.2) is 4.98 Å². The smallest absolute Gasteiger partial charge is 0.370 e. The molecule has 2 N–H and O–H groups in total. The van der Waals surface area contributed by atoms with Gasteiger partial charge >= 0.3 is 6.18 Å². The predicted molar refractivity (Wildman–Crippen MR) is 72.4 cm³/mol. The van der Waals surface area contributed by atoms with E-state index in [1.807, 2.05) is 6.92 Å². The van der Waals surface area contributed by atoms with Gasteiger partial charge in [-0.1, -0.05) is 0 Å². The normalized spacial score (nSPS) is 11.5. The van der Waals surface area contributed by atoms with E-state index in [-0.39, 0.29) is 11.8 Å². The molecule has 2 aromatic heterocycles. The van der Waals surface area contributed by atoms with Crippen LogP contribution < -0.4 is 10.6 Å². The Morgan fingerprint density at radius 2 is 2.05 bits per heavy atom. The highest BCUT2D eigenvalue weighted by molar-refractivity contribution is 5.53. The van der Waals surface area contributed by atoms with Crippen LogP contribution in [0.5, 0.6) is 0 Å². The lowest BCUT2D eigenvalue weighted by molar-refractivity contribution is -0.137. The molecule has 0 amide bonds. The van der Waals surface area contributed by atoms with E-state index in [0.29, 0.717) is 18.9 Å². The minimum absolute atomic E-state index is 0.0558. The van der Waals surface area contributed by atoms with Crippen molar-refractivity contribution in [3.63, 3.8) is 0 Å². The topological polar surface area (TPSA) is 67.7 Å². The SMILES string of the molecule is CCNc1nc(Nc2ccn(CC)n2)ncc1C(F)(F)F. The molecule has 9 heteroatoms. The van der Waals surface area contributed by atoms with E-state index in [4.69, 9.17) is 0 Å². The Labute approximate surface area is 119 Å². The number of halogens is 3. The first kappa shape index (κ1) is 15.1. The molecule has 0 bridgehead atoms. The fourth-order valence-corrected chi connectivity index (χ4v) is 1.67. The molecule has 0 unspecified atom stereocenters. The summed E-state index contributed by atoms with van der Waals surface area (Å²) in [5.41, 5.74) is -0.894. The third-order valence-electron chi connectivity index (χ3n) is 2.64. The van der Waals surface area contributed by atoms with Gasteiger partial charge in [0.2, 0.25) is 5.95 Å². The van der Waals surface area contributed by atoms with Gasteiger partial charge in [0, 0.05) is 31.5 Å². The highest BCUT2D eigenvalue weighted by atomic mass is 19.4. The average Bonchev–Trinajstić information content (AvgIpc) is 2.85. The van der Waals surface area contributed by atoms with Crippen molar-refractivity contribution >= 4 is 17.6 Å². The Balaban J connectivity index is 2.26. The van der Waals surface area contributed by atoms with Gasteiger partial charge in [-0.15, -0.1) is 0 Å². The highest BCUT2D eigenvalue weighted by Crippen LogP contribution is 2.33. The van der Waals surface area contributed by atoms with Crippen LogP contribution in [0.15, 0.2) is 18.5 Å². The lowest BCUT2D eigenvalue weighted by Crippen LogP contribution is -2.14. The molecule has 0 saturated heterocycles. The molecule has 0 aliphatic carbocycles. The number of nitrogens with one attached hydrogen (secondary N) is 2. The van der Waals surface area contributed by atoms with Crippen LogP contribution in [0.1, 0.15) is 19.4 Å². The number of rotatable bonds is 5. The monoisotopic (exact) mass is 300 g/mol. The number of aryl methyl sites for hydroxylation is 1. The van der Waals surface area contributed by atoms with E-state index in [9.17, 15) is 13.2 Å². The average molecular weight is 300 g/mol. The van der Waals surface area contributed by atoms with Crippen molar-refractivity contribution in [3.8, 4) is 0 Å². The van der Waals surface area contributed by atoms with Gasteiger partial charge in [0.25, 0.3) is 0 Å². The van der Waals surface area contributed by atoms with E-state index in [0.717, 1.165) is 6.20 Å². The fourth-order valence-electron chi connectivity index (χ4n) is 1.67. The summed E-state index contributed by atoms with van der Waals surface area (Å²) in [6.07, 6.45) is -2.00. The quantitative estimate of drug-likeness (QED) is 0.888. The molecule has 0 radical (unpaired) electrons. The van der Waals surface area contributed by atoms with E-state index in [1.165, 1.54) is 0 Å². The van der Waals surface area contributed by atoms with Crippen molar-refractivity contribution in [1.29, 1.82) is 0 Å². The number of hydrogen-bond donors (Lipinski definition) is 2. The molecule has 2 aromatic rings. The summed E-state index contributed by atoms with van der Waals surface area (Å²) in [6, 6.07) is 1.69. The molecule has 0 aliphatic heterocycles. The van der Waals surface area contributed by atoms with Crippen molar-refractivity contribution in [2.75, 3.05) is 17.2 Å². The molecule has 0 aliphatic rings. The molecule has 0 fully saturated rings. The third-order valence-corrected chi connectivity index (χ3v) is 2.64. The van der Waals surface area contributed by atoms with Crippen molar-refractivity contribution in [3.05, 3.63) is 24.0 Å². The number of aromatic nitrogens is 4. The van der Waals surface area contributed by atoms with E-state index in [2.05, 4.69) is 25.7 Å². The summed E-state index contributed by atoms with van der Waals surface area (Å²) in [4.78, 5) is 7.54. The van der Waals surface area contributed by atoms with Crippen LogP contribution in [-0.2, 0) is 12.7 Å². The second-order valence-electron chi connectivity index (χ2n) is 4.17. The maximum atomic E-state index is 12.8. The summed E-state index contributed by atoms with van der Waals surface area (Å²) < 4.78 is 40.1. The van der Waals surface area contributed by atoms with Gasteiger partial charge in [0.05, 0.1) is 0 Å². The van der Waals surface area contributed by atoms with Crippen molar-refractivity contribution in [2.24, 2.45) is 0 Å². The molecule has 2 heterocycles. The van der Waals surface area contributed by atoms with Crippen LogP contribution in [-0.4, -0.2) is 26.3 Å². The Kier molecular flexibility index (Phi) is 4.29.